The first-order valence-corrected chi connectivity index (χ1v) is 9.14. The Morgan fingerprint density at radius 1 is 1.27 bits per heavy atom. The average molecular weight is 504 g/mol. The van der Waals surface area contributed by atoms with Crippen LogP contribution in [-0.4, -0.2) is 29.3 Å². The van der Waals surface area contributed by atoms with Crippen LogP contribution in [0.2, 0.25) is 5.02 Å². The number of urea groups is 1. The molecule has 2 heterocycles. The number of imide groups is 1. The van der Waals surface area contributed by atoms with E-state index in [4.69, 9.17) is 16.0 Å². The highest BCUT2D eigenvalue weighted by molar-refractivity contribution is 9.13. The van der Waals surface area contributed by atoms with Gasteiger partial charge in [0, 0.05) is 16.8 Å². The van der Waals surface area contributed by atoms with E-state index in [1.54, 1.807) is 30.3 Å². The van der Waals surface area contributed by atoms with Crippen LogP contribution in [0.5, 0.6) is 0 Å². The van der Waals surface area contributed by atoms with Gasteiger partial charge in [-0.3, -0.25) is 9.59 Å². The van der Waals surface area contributed by atoms with E-state index in [1.165, 1.54) is 6.08 Å². The van der Waals surface area contributed by atoms with Gasteiger partial charge in [-0.2, -0.15) is 0 Å². The zero-order chi connectivity index (χ0) is 18.8. The number of hydrogen-bond acceptors (Lipinski definition) is 4. The van der Waals surface area contributed by atoms with Crippen LogP contribution in [0.4, 0.5) is 10.5 Å². The second-order valence-electron chi connectivity index (χ2n) is 5.20. The number of rotatable bonds is 4. The summed E-state index contributed by atoms with van der Waals surface area (Å²) >= 11 is 12.2. The zero-order valence-electron chi connectivity index (χ0n) is 12.9. The van der Waals surface area contributed by atoms with Crippen molar-refractivity contribution in [1.29, 1.82) is 0 Å². The first-order chi connectivity index (χ1) is 12.3. The zero-order valence-corrected chi connectivity index (χ0v) is 16.8. The van der Waals surface area contributed by atoms with Gasteiger partial charge in [0.1, 0.15) is 18.0 Å². The molecule has 134 valence electrons. The maximum absolute atomic E-state index is 12.4. The summed E-state index contributed by atoms with van der Waals surface area (Å²) in [4.78, 5) is 37.3. The van der Waals surface area contributed by atoms with Gasteiger partial charge in [-0.25, -0.2) is 9.69 Å². The van der Waals surface area contributed by atoms with E-state index in [0.717, 1.165) is 4.90 Å². The Morgan fingerprint density at radius 3 is 2.58 bits per heavy atom. The summed E-state index contributed by atoms with van der Waals surface area (Å²) in [6.45, 7) is -0.420. The Labute approximate surface area is 169 Å². The smallest absolute Gasteiger partial charge is 0.329 e. The van der Waals surface area contributed by atoms with Crippen LogP contribution < -0.4 is 10.6 Å². The highest BCUT2D eigenvalue weighted by Gasteiger charge is 2.35. The largest absolute Gasteiger partial charge is 0.449 e. The van der Waals surface area contributed by atoms with E-state index in [0.29, 0.717) is 25.6 Å². The van der Waals surface area contributed by atoms with Crippen molar-refractivity contribution in [1.82, 2.24) is 10.2 Å². The second kappa shape index (κ2) is 7.65. The van der Waals surface area contributed by atoms with Crippen LogP contribution in [0.15, 0.2) is 49.6 Å². The van der Waals surface area contributed by atoms with Gasteiger partial charge in [-0.1, -0.05) is 11.6 Å². The van der Waals surface area contributed by atoms with Crippen molar-refractivity contribution >= 4 is 73.1 Å². The molecule has 26 heavy (non-hydrogen) atoms. The van der Waals surface area contributed by atoms with Gasteiger partial charge in [-0.05, 0) is 62.2 Å². The molecule has 0 unspecified atom stereocenters. The molecule has 3 rings (SSSR count). The number of hydrogen-bond donors (Lipinski definition) is 2. The first-order valence-electron chi connectivity index (χ1n) is 7.18. The number of nitrogens with one attached hydrogen (secondary N) is 2. The van der Waals surface area contributed by atoms with E-state index < -0.39 is 24.4 Å². The van der Waals surface area contributed by atoms with Gasteiger partial charge in [0.25, 0.3) is 5.91 Å². The summed E-state index contributed by atoms with van der Waals surface area (Å²) < 4.78 is 6.47. The van der Waals surface area contributed by atoms with Crippen LogP contribution in [0.1, 0.15) is 5.76 Å². The Morgan fingerprint density at radius 2 is 1.96 bits per heavy atom. The predicted molar refractivity (Wildman–Crippen MR) is 102 cm³/mol. The summed E-state index contributed by atoms with van der Waals surface area (Å²) in [5.74, 6) is -0.773. The highest BCUT2D eigenvalue weighted by Crippen LogP contribution is 2.28. The molecule has 0 spiro atoms. The van der Waals surface area contributed by atoms with Crippen LogP contribution in [-0.2, 0) is 9.59 Å². The molecule has 0 saturated carbocycles. The minimum absolute atomic E-state index is 0.0167. The van der Waals surface area contributed by atoms with Crippen LogP contribution >= 0.6 is 43.5 Å². The molecule has 2 N–H and O–H groups in total. The predicted octanol–water partition coefficient (Wildman–Crippen LogP) is 3.99. The molecular weight excluding hydrogens is 493 g/mol. The van der Waals surface area contributed by atoms with Crippen LogP contribution in [0.3, 0.4) is 0 Å². The molecule has 10 heteroatoms. The van der Waals surface area contributed by atoms with Crippen LogP contribution in [0, 0.1) is 0 Å². The standard InChI is InChI=1S/C16H10Br2ClN3O4/c17-11-5-10(26-14(11)18)6-12-15(24)22(16(25)21-12)7-13(23)20-9-3-1-8(19)2-4-9/h1-6H,7H2,(H,20,23)(H,21,25)/b12-6-. The number of amides is 4. The Bertz CT molecular complexity index is 905. The molecular formula is C16H10Br2ClN3O4. The van der Waals surface area contributed by atoms with Crippen molar-refractivity contribution in [2.45, 2.75) is 0 Å². The lowest BCUT2D eigenvalue weighted by Gasteiger charge is -2.11. The van der Waals surface area contributed by atoms with Crippen LogP contribution in [0.25, 0.3) is 6.08 Å². The van der Waals surface area contributed by atoms with Gasteiger partial charge in [-0.15, -0.1) is 0 Å². The van der Waals surface area contributed by atoms with E-state index in [-0.39, 0.29) is 5.70 Å². The number of carbonyl (C=O) groups excluding carboxylic acids is 3. The van der Waals surface area contributed by atoms with Crippen molar-refractivity contribution < 1.29 is 18.8 Å². The molecule has 1 aliphatic rings. The quantitative estimate of drug-likeness (QED) is 0.488. The number of benzene rings is 1. The minimum atomic E-state index is -0.683. The summed E-state index contributed by atoms with van der Waals surface area (Å²) in [6, 6.07) is 7.41. The fraction of sp³-hybridized carbons (Fsp3) is 0.0625. The number of anilines is 1. The summed E-state index contributed by atoms with van der Waals surface area (Å²) in [7, 11) is 0. The topological polar surface area (TPSA) is 91.7 Å². The number of halogens is 3. The molecule has 1 aliphatic heterocycles. The summed E-state index contributed by atoms with van der Waals surface area (Å²) in [5, 5.41) is 5.54. The Hall–Kier alpha value is -2.10. The maximum Gasteiger partial charge on any atom is 0.329 e. The van der Waals surface area contributed by atoms with E-state index in [2.05, 4.69) is 42.5 Å². The molecule has 0 radical (unpaired) electrons. The summed E-state index contributed by atoms with van der Waals surface area (Å²) in [5.41, 5.74) is 0.524. The third-order valence-electron chi connectivity index (χ3n) is 3.34. The average Bonchev–Trinajstić information content (AvgIpc) is 3.03. The minimum Gasteiger partial charge on any atom is -0.449 e. The van der Waals surface area contributed by atoms with Gasteiger partial charge >= 0.3 is 6.03 Å². The molecule has 1 aromatic carbocycles. The van der Waals surface area contributed by atoms with Gasteiger partial charge in [0.05, 0.1) is 4.47 Å². The lowest BCUT2D eigenvalue weighted by atomic mass is 10.3. The SMILES string of the molecule is O=C(CN1C(=O)N/C(=C\c2cc(Br)c(Br)o2)C1=O)Nc1ccc(Cl)cc1. The normalized spacial score (nSPS) is 15.5. The third-order valence-corrected chi connectivity index (χ3v) is 5.30. The lowest BCUT2D eigenvalue weighted by Crippen LogP contribution is -2.38. The third kappa shape index (κ3) is 4.17. The van der Waals surface area contributed by atoms with Crippen molar-refractivity contribution in [3.63, 3.8) is 0 Å². The van der Waals surface area contributed by atoms with Gasteiger partial charge in [0.2, 0.25) is 5.91 Å². The van der Waals surface area contributed by atoms with E-state index >= 15 is 0 Å². The monoisotopic (exact) mass is 501 g/mol. The van der Waals surface area contributed by atoms with Crippen molar-refractivity contribution in [3.05, 3.63) is 56.0 Å². The number of nitrogens with zero attached hydrogens (tertiary/aromatic N) is 1. The maximum atomic E-state index is 12.4. The van der Waals surface area contributed by atoms with Gasteiger partial charge < -0.3 is 15.1 Å². The second-order valence-corrected chi connectivity index (χ2v) is 7.22. The molecule has 1 saturated heterocycles. The Kier molecular flexibility index (Phi) is 5.49. The van der Waals surface area contributed by atoms with Crippen molar-refractivity contribution in [2.24, 2.45) is 0 Å². The Balaban J connectivity index is 1.68. The molecule has 0 bridgehead atoms. The van der Waals surface area contributed by atoms with Crippen molar-refractivity contribution in [2.75, 3.05) is 11.9 Å². The lowest BCUT2D eigenvalue weighted by molar-refractivity contribution is -0.127. The molecule has 0 aliphatic carbocycles. The number of furan rings is 1. The van der Waals surface area contributed by atoms with Crippen molar-refractivity contribution in [3.8, 4) is 0 Å². The molecule has 0 atom stereocenters. The fourth-order valence-corrected chi connectivity index (χ4v) is 2.90. The fourth-order valence-electron chi connectivity index (χ4n) is 2.17. The van der Waals surface area contributed by atoms with Gasteiger partial charge in [0.15, 0.2) is 4.67 Å². The number of carbonyl (C=O) groups is 3. The summed E-state index contributed by atoms with van der Waals surface area (Å²) in [6.07, 6.45) is 1.38. The molecule has 1 aromatic heterocycles. The first kappa shape index (κ1) is 18.7. The van der Waals surface area contributed by atoms with E-state index in [9.17, 15) is 14.4 Å². The molecule has 7 nitrogen and oxygen atoms in total. The molecule has 2 aromatic rings. The molecule has 4 amide bonds. The van der Waals surface area contributed by atoms with E-state index in [1.807, 2.05) is 0 Å². The molecule has 1 fully saturated rings. The highest BCUT2D eigenvalue weighted by atomic mass is 79.9.